The predicted molar refractivity (Wildman–Crippen MR) is 102 cm³/mol. The molecule has 148 valence electrons. The molecule has 27 heavy (non-hydrogen) atoms. The summed E-state index contributed by atoms with van der Waals surface area (Å²) in [6.07, 6.45) is 5.94. The van der Waals surface area contributed by atoms with E-state index in [-0.39, 0.29) is 29.3 Å². The molecule has 3 heterocycles. The maximum atomic E-state index is 12.5. The molecule has 0 saturated carbocycles. The van der Waals surface area contributed by atoms with Gasteiger partial charge in [-0.3, -0.25) is 4.79 Å². The molecule has 1 N–H and O–H groups in total. The van der Waals surface area contributed by atoms with Gasteiger partial charge in [0.25, 0.3) is 15.6 Å². The fraction of sp³-hybridized carbons (Fsp3) is 0.588. The second-order valence-electron chi connectivity index (χ2n) is 7.08. The Balaban J connectivity index is 1.79. The van der Waals surface area contributed by atoms with Crippen molar-refractivity contribution in [2.75, 3.05) is 18.0 Å². The quantitative estimate of drug-likeness (QED) is 0.781. The third-order valence-electron chi connectivity index (χ3n) is 4.75. The maximum absolute atomic E-state index is 12.5. The summed E-state index contributed by atoms with van der Waals surface area (Å²) in [5, 5.41) is 4.49. The minimum atomic E-state index is -3.68. The molecule has 2 aromatic rings. The highest BCUT2D eigenvalue weighted by atomic mass is 32.2. The van der Waals surface area contributed by atoms with Gasteiger partial charge in [-0.15, -0.1) is 0 Å². The summed E-state index contributed by atoms with van der Waals surface area (Å²) in [6, 6.07) is 3.17. The molecule has 10 heteroatoms. The molecule has 9 nitrogen and oxygen atoms in total. The second kappa shape index (κ2) is 7.81. The first-order valence-electron chi connectivity index (χ1n) is 9.13. The zero-order valence-corrected chi connectivity index (χ0v) is 16.7. The van der Waals surface area contributed by atoms with Crippen molar-refractivity contribution >= 4 is 15.8 Å². The number of sulfonamides is 1. The van der Waals surface area contributed by atoms with Crippen LogP contribution in [0.5, 0.6) is 0 Å². The van der Waals surface area contributed by atoms with Crippen LogP contribution in [0.2, 0.25) is 0 Å². The van der Waals surface area contributed by atoms with Crippen LogP contribution >= 0.6 is 0 Å². The van der Waals surface area contributed by atoms with Gasteiger partial charge in [0.05, 0.1) is 6.04 Å². The monoisotopic (exact) mass is 394 g/mol. The Bertz CT molecular complexity index is 950. The number of hydrogen-bond acceptors (Lipinski definition) is 6. The molecular formula is C17H26N6O3S. The number of piperidine rings is 1. The van der Waals surface area contributed by atoms with Gasteiger partial charge in [0, 0.05) is 44.6 Å². The lowest BCUT2D eigenvalue weighted by Gasteiger charge is -2.36. The van der Waals surface area contributed by atoms with E-state index in [9.17, 15) is 13.2 Å². The molecular weight excluding hydrogens is 368 g/mol. The average molecular weight is 395 g/mol. The van der Waals surface area contributed by atoms with Gasteiger partial charge in [-0.25, -0.2) is 22.8 Å². The van der Waals surface area contributed by atoms with Gasteiger partial charge in [0.1, 0.15) is 5.82 Å². The minimum absolute atomic E-state index is 0.00339. The lowest BCUT2D eigenvalue weighted by atomic mass is 10.0. The van der Waals surface area contributed by atoms with Gasteiger partial charge in [0.2, 0.25) is 5.16 Å². The zero-order valence-electron chi connectivity index (χ0n) is 15.9. The van der Waals surface area contributed by atoms with E-state index >= 15 is 0 Å². The van der Waals surface area contributed by atoms with Crippen LogP contribution in [0.3, 0.4) is 0 Å². The van der Waals surface area contributed by atoms with Crippen molar-refractivity contribution < 1.29 is 8.42 Å². The van der Waals surface area contributed by atoms with Gasteiger partial charge in [0.15, 0.2) is 0 Å². The molecule has 0 spiro atoms. The van der Waals surface area contributed by atoms with Gasteiger partial charge >= 0.3 is 0 Å². The van der Waals surface area contributed by atoms with E-state index in [0.29, 0.717) is 5.82 Å². The zero-order chi connectivity index (χ0) is 19.6. The van der Waals surface area contributed by atoms with Crippen LogP contribution in [0.15, 0.2) is 34.5 Å². The minimum Gasteiger partial charge on any atom is -0.351 e. The Kier molecular flexibility index (Phi) is 5.66. The molecule has 0 aromatic carbocycles. The molecule has 1 atom stereocenters. The second-order valence-corrected chi connectivity index (χ2v) is 8.74. The third-order valence-corrected chi connectivity index (χ3v) is 6.17. The Labute approximate surface area is 159 Å². The largest absolute Gasteiger partial charge is 0.351 e. The van der Waals surface area contributed by atoms with Crippen LogP contribution in [0.4, 0.5) is 5.82 Å². The van der Waals surface area contributed by atoms with E-state index in [2.05, 4.69) is 19.7 Å². The number of aryl methyl sites for hydroxylation is 1. The molecule has 0 aliphatic carbocycles. The topological polar surface area (TPSA) is 102 Å². The summed E-state index contributed by atoms with van der Waals surface area (Å²) in [7, 11) is -2.03. The number of rotatable bonds is 6. The van der Waals surface area contributed by atoms with Crippen molar-refractivity contribution in [3.05, 3.63) is 34.9 Å². The molecule has 1 fully saturated rings. The SMILES string of the molecule is CC(C)n1nc(N2CCCCC2CNS(=O)(=O)c2nccn2C)ccc1=O. The fourth-order valence-electron chi connectivity index (χ4n) is 3.33. The molecule has 0 amide bonds. The van der Waals surface area contributed by atoms with Crippen molar-refractivity contribution in [3.63, 3.8) is 0 Å². The van der Waals surface area contributed by atoms with Crippen LogP contribution in [-0.4, -0.2) is 46.9 Å². The maximum Gasteiger partial charge on any atom is 0.274 e. The summed E-state index contributed by atoms with van der Waals surface area (Å²) < 4.78 is 30.6. The fourth-order valence-corrected chi connectivity index (χ4v) is 4.51. The Hall–Kier alpha value is -2.20. The number of anilines is 1. The van der Waals surface area contributed by atoms with Gasteiger partial charge in [-0.2, -0.15) is 5.10 Å². The van der Waals surface area contributed by atoms with Crippen molar-refractivity contribution in [3.8, 4) is 0 Å². The molecule has 3 rings (SSSR count). The first-order valence-corrected chi connectivity index (χ1v) is 10.6. The van der Waals surface area contributed by atoms with E-state index in [1.54, 1.807) is 19.3 Å². The van der Waals surface area contributed by atoms with Crippen molar-refractivity contribution in [1.82, 2.24) is 24.1 Å². The highest BCUT2D eigenvalue weighted by molar-refractivity contribution is 7.89. The Morgan fingerprint density at radius 3 is 2.74 bits per heavy atom. The Morgan fingerprint density at radius 2 is 2.07 bits per heavy atom. The summed E-state index contributed by atoms with van der Waals surface area (Å²) in [5.74, 6) is 0.698. The number of aromatic nitrogens is 4. The number of hydrogen-bond donors (Lipinski definition) is 1. The third kappa shape index (κ3) is 4.22. The van der Waals surface area contributed by atoms with Gasteiger partial charge in [-0.05, 0) is 39.2 Å². The van der Waals surface area contributed by atoms with E-state index in [4.69, 9.17) is 0 Å². The van der Waals surface area contributed by atoms with E-state index in [0.717, 1.165) is 25.8 Å². The van der Waals surface area contributed by atoms with E-state index in [1.165, 1.54) is 21.5 Å². The van der Waals surface area contributed by atoms with Crippen LogP contribution in [0.1, 0.15) is 39.2 Å². The van der Waals surface area contributed by atoms with Crippen molar-refractivity contribution in [2.45, 2.75) is 50.4 Å². The first kappa shape index (κ1) is 19.6. The predicted octanol–water partition coefficient (Wildman–Crippen LogP) is 0.895. The van der Waals surface area contributed by atoms with Crippen LogP contribution in [-0.2, 0) is 17.1 Å². The smallest absolute Gasteiger partial charge is 0.274 e. The molecule has 1 unspecified atom stereocenters. The molecule has 0 radical (unpaired) electrons. The first-order chi connectivity index (χ1) is 12.8. The summed E-state index contributed by atoms with van der Waals surface area (Å²) in [5.41, 5.74) is -0.141. The lowest BCUT2D eigenvalue weighted by Crippen LogP contribution is -2.48. The Morgan fingerprint density at radius 1 is 1.30 bits per heavy atom. The number of nitrogens with one attached hydrogen (secondary N) is 1. The van der Waals surface area contributed by atoms with Crippen LogP contribution in [0, 0.1) is 0 Å². The molecule has 0 bridgehead atoms. The normalized spacial score (nSPS) is 18.2. The van der Waals surface area contributed by atoms with Gasteiger partial charge in [-0.1, -0.05) is 0 Å². The van der Waals surface area contributed by atoms with Gasteiger partial charge < -0.3 is 9.47 Å². The van der Waals surface area contributed by atoms with Crippen molar-refractivity contribution in [2.24, 2.45) is 7.05 Å². The van der Waals surface area contributed by atoms with Crippen LogP contribution < -0.4 is 15.2 Å². The number of nitrogens with zero attached hydrogens (tertiary/aromatic N) is 5. The number of imidazole rings is 1. The average Bonchev–Trinajstić information content (AvgIpc) is 3.07. The molecule has 2 aromatic heterocycles. The molecule has 1 aliphatic rings. The summed E-state index contributed by atoms with van der Waals surface area (Å²) in [4.78, 5) is 18.0. The standard InChI is InChI=1S/C17H26N6O3S/c1-13(2)23-16(24)8-7-15(20-23)22-10-5-4-6-14(22)12-19-27(25,26)17-18-9-11-21(17)3/h7-9,11,13-14,19H,4-6,10,12H2,1-3H3. The van der Waals surface area contributed by atoms with Crippen molar-refractivity contribution in [1.29, 1.82) is 0 Å². The summed E-state index contributed by atoms with van der Waals surface area (Å²) in [6.45, 7) is 4.86. The summed E-state index contributed by atoms with van der Waals surface area (Å²) >= 11 is 0. The lowest BCUT2D eigenvalue weighted by molar-refractivity contribution is 0.436. The van der Waals surface area contributed by atoms with Crippen LogP contribution in [0.25, 0.3) is 0 Å². The van der Waals surface area contributed by atoms with E-state index in [1.807, 2.05) is 13.8 Å². The highest BCUT2D eigenvalue weighted by Gasteiger charge is 2.27. The molecule has 1 aliphatic heterocycles. The highest BCUT2D eigenvalue weighted by Crippen LogP contribution is 2.22. The van der Waals surface area contributed by atoms with E-state index < -0.39 is 10.0 Å². The molecule has 1 saturated heterocycles.